The monoisotopic (exact) mass is 253 g/mol. The Kier molecular flexibility index (Phi) is 3.90. The second-order valence-electron chi connectivity index (χ2n) is 5.50. The largest absolute Gasteiger partial charge is 0.354 e. The lowest BCUT2D eigenvalue weighted by atomic mass is 9.89. The highest BCUT2D eigenvalue weighted by atomic mass is 16.2. The van der Waals surface area contributed by atoms with Crippen LogP contribution in [0.1, 0.15) is 33.1 Å². The van der Waals surface area contributed by atoms with Crippen molar-refractivity contribution in [3.63, 3.8) is 0 Å². The minimum Gasteiger partial charge on any atom is -0.354 e. The smallest absolute Gasteiger partial charge is 0.240 e. The molecule has 18 heavy (non-hydrogen) atoms. The van der Waals surface area contributed by atoms with Crippen LogP contribution in [-0.4, -0.2) is 41.9 Å². The molecule has 2 heterocycles. The molecule has 2 aliphatic rings. The van der Waals surface area contributed by atoms with Gasteiger partial charge in [0.05, 0.1) is 18.0 Å². The summed E-state index contributed by atoms with van der Waals surface area (Å²) in [5.74, 6) is 0.264. The molecule has 2 amide bonds. The number of hydrogen-bond donors (Lipinski definition) is 2. The van der Waals surface area contributed by atoms with Gasteiger partial charge in [0.2, 0.25) is 11.8 Å². The molecular weight excluding hydrogens is 230 g/mol. The van der Waals surface area contributed by atoms with Crippen molar-refractivity contribution in [1.82, 2.24) is 10.2 Å². The van der Waals surface area contributed by atoms with E-state index in [9.17, 15) is 9.59 Å². The molecule has 2 aliphatic heterocycles. The van der Waals surface area contributed by atoms with Gasteiger partial charge in [-0.3, -0.25) is 9.59 Å². The summed E-state index contributed by atoms with van der Waals surface area (Å²) in [5.41, 5.74) is 6.02. The first-order chi connectivity index (χ1) is 8.56. The number of hydrogen-bond acceptors (Lipinski definition) is 3. The van der Waals surface area contributed by atoms with Gasteiger partial charge in [-0.05, 0) is 18.8 Å². The van der Waals surface area contributed by atoms with E-state index in [0.717, 1.165) is 25.8 Å². The lowest BCUT2D eigenvalue weighted by Gasteiger charge is -2.38. The molecule has 0 aromatic rings. The molecule has 2 unspecified atom stereocenters. The molecule has 0 bridgehead atoms. The van der Waals surface area contributed by atoms with Crippen molar-refractivity contribution in [2.45, 2.75) is 45.2 Å². The lowest BCUT2D eigenvalue weighted by molar-refractivity contribution is -0.139. The highest BCUT2D eigenvalue weighted by Crippen LogP contribution is 2.28. The quantitative estimate of drug-likeness (QED) is 0.749. The number of carbonyl (C=O) groups excluding carboxylic acids is 2. The third kappa shape index (κ3) is 2.23. The van der Waals surface area contributed by atoms with Gasteiger partial charge in [-0.25, -0.2) is 0 Å². The topological polar surface area (TPSA) is 75.4 Å². The van der Waals surface area contributed by atoms with Crippen molar-refractivity contribution in [2.75, 3.05) is 13.1 Å². The van der Waals surface area contributed by atoms with Crippen LogP contribution in [0.3, 0.4) is 0 Å². The Morgan fingerprint density at radius 1 is 1.61 bits per heavy atom. The number of rotatable bonds is 3. The SMILES string of the molecule is CC[C@H](C)[C@H](N)C(=O)N1CCCC2C(=O)NCC21. The summed E-state index contributed by atoms with van der Waals surface area (Å²) in [6, 6.07) is -0.418. The summed E-state index contributed by atoms with van der Waals surface area (Å²) in [6.07, 6.45) is 2.68. The number of likely N-dealkylation sites (tertiary alicyclic amines) is 1. The van der Waals surface area contributed by atoms with E-state index >= 15 is 0 Å². The van der Waals surface area contributed by atoms with Crippen molar-refractivity contribution in [1.29, 1.82) is 0 Å². The van der Waals surface area contributed by atoms with Gasteiger partial charge in [0, 0.05) is 13.1 Å². The highest BCUT2D eigenvalue weighted by Gasteiger charge is 2.43. The van der Waals surface area contributed by atoms with E-state index in [1.165, 1.54) is 0 Å². The van der Waals surface area contributed by atoms with Gasteiger partial charge in [-0.2, -0.15) is 0 Å². The van der Waals surface area contributed by atoms with Crippen LogP contribution in [0.4, 0.5) is 0 Å². The first-order valence-corrected chi connectivity index (χ1v) is 6.90. The second-order valence-corrected chi connectivity index (χ2v) is 5.50. The number of fused-ring (bicyclic) bond motifs is 1. The van der Waals surface area contributed by atoms with E-state index in [1.807, 2.05) is 18.7 Å². The maximum Gasteiger partial charge on any atom is 0.240 e. The normalized spacial score (nSPS) is 30.6. The molecule has 2 saturated heterocycles. The van der Waals surface area contributed by atoms with Gasteiger partial charge in [0.15, 0.2) is 0 Å². The Morgan fingerprint density at radius 3 is 3.00 bits per heavy atom. The van der Waals surface area contributed by atoms with Gasteiger partial charge >= 0.3 is 0 Å². The van der Waals surface area contributed by atoms with Crippen molar-refractivity contribution in [2.24, 2.45) is 17.6 Å². The molecule has 4 atom stereocenters. The maximum absolute atomic E-state index is 12.4. The van der Waals surface area contributed by atoms with Gasteiger partial charge in [-0.1, -0.05) is 20.3 Å². The summed E-state index contributed by atoms with van der Waals surface area (Å²) >= 11 is 0. The van der Waals surface area contributed by atoms with E-state index < -0.39 is 6.04 Å². The molecule has 0 aromatic heterocycles. The summed E-state index contributed by atoms with van der Waals surface area (Å²) in [5, 5.41) is 2.85. The van der Waals surface area contributed by atoms with Crippen LogP contribution in [0.25, 0.3) is 0 Å². The summed E-state index contributed by atoms with van der Waals surface area (Å²) in [6.45, 7) is 5.36. The molecule has 0 aromatic carbocycles. The van der Waals surface area contributed by atoms with Crippen LogP contribution in [0.2, 0.25) is 0 Å². The molecular formula is C13H23N3O2. The van der Waals surface area contributed by atoms with Gasteiger partial charge in [0.25, 0.3) is 0 Å². The van der Waals surface area contributed by atoms with Crippen LogP contribution in [0.5, 0.6) is 0 Å². The molecule has 2 rings (SSSR count). The first-order valence-electron chi connectivity index (χ1n) is 6.90. The number of nitrogens with zero attached hydrogens (tertiary/aromatic N) is 1. The molecule has 0 spiro atoms. The number of nitrogens with two attached hydrogens (primary N) is 1. The maximum atomic E-state index is 12.4. The number of amides is 2. The second kappa shape index (κ2) is 5.26. The minimum atomic E-state index is -0.440. The fourth-order valence-electron chi connectivity index (χ4n) is 2.91. The highest BCUT2D eigenvalue weighted by molar-refractivity contribution is 5.86. The number of nitrogens with one attached hydrogen (secondary N) is 1. The van der Waals surface area contributed by atoms with E-state index in [0.29, 0.717) is 6.54 Å². The van der Waals surface area contributed by atoms with E-state index in [-0.39, 0.29) is 29.7 Å². The fraction of sp³-hybridized carbons (Fsp3) is 0.846. The summed E-state index contributed by atoms with van der Waals surface area (Å²) < 4.78 is 0. The third-order valence-corrected chi connectivity index (χ3v) is 4.43. The van der Waals surface area contributed by atoms with E-state index in [2.05, 4.69) is 5.32 Å². The van der Waals surface area contributed by atoms with Crippen LogP contribution in [-0.2, 0) is 9.59 Å². The Hall–Kier alpha value is -1.10. The van der Waals surface area contributed by atoms with Gasteiger partial charge in [-0.15, -0.1) is 0 Å². The fourth-order valence-corrected chi connectivity index (χ4v) is 2.91. The van der Waals surface area contributed by atoms with Crippen molar-refractivity contribution >= 4 is 11.8 Å². The molecule has 0 aliphatic carbocycles. The van der Waals surface area contributed by atoms with E-state index in [1.54, 1.807) is 0 Å². The standard InChI is InChI=1S/C13H23N3O2/c1-3-8(2)11(14)13(18)16-6-4-5-9-10(16)7-15-12(9)17/h8-11H,3-7,14H2,1-2H3,(H,15,17)/t8-,9?,10?,11-/m0/s1. The Labute approximate surface area is 108 Å². The number of piperidine rings is 1. The Morgan fingerprint density at radius 2 is 2.33 bits per heavy atom. The van der Waals surface area contributed by atoms with Crippen LogP contribution in [0.15, 0.2) is 0 Å². The van der Waals surface area contributed by atoms with Crippen molar-refractivity contribution < 1.29 is 9.59 Å². The van der Waals surface area contributed by atoms with Crippen LogP contribution >= 0.6 is 0 Å². The molecule has 2 fully saturated rings. The zero-order valence-electron chi connectivity index (χ0n) is 11.2. The Balaban J connectivity index is 2.08. The van der Waals surface area contributed by atoms with Crippen molar-refractivity contribution in [3.05, 3.63) is 0 Å². The zero-order chi connectivity index (χ0) is 13.3. The number of carbonyl (C=O) groups is 2. The van der Waals surface area contributed by atoms with Crippen molar-refractivity contribution in [3.8, 4) is 0 Å². The third-order valence-electron chi connectivity index (χ3n) is 4.43. The lowest BCUT2D eigenvalue weighted by Crippen LogP contribution is -2.55. The van der Waals surface area contributed by atoms with Gasteiger partial charge in [0.1, 0.15) is 0 Å². The molecule has 0 radical (unpaired) electrons. The van der Waals surface area contributed by atoms with Crippen LogP contribution < -0.4 is 11.1 Å². The predicted octanol–water partition coefficient (Wildman–Crippen LogP) is 0.0968. The molecule has 0 saturated carbocycles. The van der Waals surface area contributed by atoms with Gasteiger partial charge < -0.3 is 16.0 Å². The molecule has 3 N–H and O–H groups in total. The first kappa shape index (κ1) is 13.3. The minimum absolute atomic E-state index is 0.00977. The Bertz CT molecular complexity index is 345. The molecule has 5 heteroatoms. The summed E-state index contributed by atoms with van der Waals surface area (Å²) in [4.78, 5) is 25.9. The average Bonchev–Trinajstić information content (AvgIpc) is 2.78. The summed E-state index contributed by atoms with van der Waals surface area (Å²) in [7, 11) is 0. The zero-order valence-corrected chi connectivity index (χ0v) is 11.2. The average molecular weight is 253 g/mol. The molecule has 5 nitrogen and oxygen atoms in total. The molecule has 102 valence electrons. The van der Waals surface area contributed by atoms with E-state index in [4.69, 9.17) is 5.73 Å². The predicted molar refractivity (Wildman–Crippen MR) is 68.7 cm³/mol. The van der Waals surface area contributed by atoms with Crippen LogP contribution in [0, 0.1) is 11.8 Å².